The first kappa shape index (κ1) is 29.6. The van der Waals surface area contributed by atoms with Gasteiger partial charge < -0.3 is 37.9 Å². The smallest absolute Gasteiger partial charge is 0.859 e. The van der Waals surface area contributed by atoms with Crippen LogP contribution in [0.3, 0.4) is 0 Å². The quantitative estimate of drug-likeness (QED) is 0.267. The molecule has 15 heteroatoms. The fraction of sp³-hybridized carbons (Fsp3) is 0. The molecule has 0 bridgehead atoms. The predicted molar refractivity (Wildman–Crippen MR) is 36.2 cm³/mol. The summed E-state index contributed by atoms with van der Waals surface area (Å²) in [6.07, 6.45) is 0. The van der Waals surface area contributed by atoms with Gasteiger partial charge in [0.25, 0.3) is 0 Å². The minimum absolute atomic E-state index is 0. The van der Waals surface area contributed by atoms with E-state index >= 15 is 0 Å². The minimum atomic E-state index is -5.33. The molecule has 0 saturated carbocycles. The van der Waals surface area contributed by atoms with Crippen molar-refractivity contribution in [3.63, 3.8) is 0 Å². The summed E-state index contributed by atoms with van der Waals surface area (Å²) in [7, 11) is -10.7. The van der Waals surface area contributed by atoms with Crippen molar-refractivity contribution in [1.29, 1.82) is 0 Å². The summed E-state index contributed by atoms with van der Waals surface area (Å²) in [5, 5.41) is 14.1. The monoisotopic (exact) mass is 245 g/mol. The second kappa shape index (κ2) is 12.6. The van der Waals surface area contributed by atoms with Crippen molar-refractivity contribution in [2.75, 3.05) is 0 Å². The van der Waals surface area contributed by atoms with Crippen LogP contribution >= 0.6 is 0 Å². The zero-order valence-corrected chi connectivity index (χ0v) is 9.28. The first-order chi connectivity index (χ1) is 5.12. The van der Waals surface area contributed by atoms with E-state index < -0.39 is 18.1 Å². The van der Waals surface area contributed by atoms with E-state index in [4.69, 9.17) is 39.3 Å². The first-order valence-electron chi connectivity index (χ1n) is 2.00. The largest absolute Gasteiger partial charge is 2.00 e. The Kier molecular flexibility index (Phi) is 24.9. The van der Waals surface area contributed by atoms with Gasteiger partial charge in [-0.1, -0.05) is 18.1 Å². The van der Waals surface area contributed by atoms with Crippen LogP contribution in [-0.2, 0) is 9.15 Å². The third kappa shape index (κ3) is 53.5. The molecular formula is H2Be3O10Si2. The van der Waals surface area contributed by atoms with Crippen LogP contribution in [0.1, 0.15) is 0 Å². The van der Waals surface area contributed by atoms with E-state index in [1.54, 1.807) is 0 Å². The van der Waals surface area contributed by atoms with Gasteiger partial charge in [-0.15, -0.1) is 0 Å². The first-order valence-corrected chi connectivity index (χ1v) is 5.26. The predicted octanol–water partition coefficient (Wildman–Crippen LogP) is -9.16. The maximum Gasteiger partial charge on any atom is 2.00 e. The second-order valence-electron chi connectivity index (χ2n) is 1.18. The normalized spacial score (nSPS) is 9.60. The summed E-state index contributed by atoms with van der Waals surface area (Å²) in [6.45, 7) is 0. The van der Waals surface area contributed by atoms with Crippen molar-refractivity contribution in [2.24, 2.45) is 0 Å². The van der Waals surface area contributed by atoms with Crippen LogP contribution in [0.5, 0.6) is 0 Å². The minimum Gasteiger partial charge on any atom is -0.859 e. The SMILES string of the molecule is [Be+2].[Be+2].[Be+2].[O-][Si]([O-])([O-])OO.[O-][Si]([O-])([O-])OO. The van der Waals surface area contributed by atoms with Crippen molar-refractivity contribution in [3.8, 4) is 0 Å². The van der Waals surface area contributed by atoms with Crippen molar-refractivity contribution in [2.45, 2.75) is 0 Å². The molecule has 0 aliphatic rings. The van der Waals surface area contributed by atoms with Crippen LogP contribution in [-0.4, -0.2) is 59.0 Å². The molecule has 0 heterocycles. The zero-order chi connectivity index (χ0) is 10.4. The number of rotatable bonds is 2. The molecule has 15 heavy (non-hydrogen) atoms. The Bertz CT molecular complexity index is 92.2. The average Bonchev–Trinajstić information content (AvgIpc) is 1.86. The van der Waals surface area contributed by atoms with E-state index in [-0.39, 0.29) is 30.4 Å². The van der Waals surface area contributed by atoms with Crippen LogP contribution in [0.4, 0.5) is 0 Å². The number of hydrogen-bond donors (Lipinski definition) is 2. The Morgan fingerprint density at radius 1 is 0.600 bits per heavy atom. The molecular weight excluding hydrogens is 243 g/mol. The molecule has 10 nitrogen and oxygen atoms in total. The van der Waals surface area contributed by atoms with Crippen LogP contribution in [0, 0.1) is 0 Å². The molecule has 0 aliphatic heterocycles. The van der Waals surface area contributed by atoms with Crippen molar-refractivity contribution < 1.29 is 48.4 Å². The van der Waals surface area contributed by atoms with Gasteiger partial charge in [0.1, 0.15) is 0 Å². The molecule has 0 fully saturated rings. The summed E-state index contributed by atoms with van der Waals surface area (Å²) in [4.78, 5) is 54.2. The average molecular weight is 245 g/mol. The molecule has 0 aromatic heterocycles. The molecule has 0 aromatic carbocycles. The summed E-state index contributed by atoms with van der Waals surface area (Å²) in [6, 6.07) is 0. The van der Waals surface area contributed by atoms with Gasteiger partial charge >= 0.3 is 30.4 Å². The maximum atomic E-state index is 9.03. The van der Waals surface area contributed by atoms with Crippen LogP contribution in [0.25, 0.3) is 0 Å². The van der Waals surface area contributed by atoms with Crippen molar-refractivity contribution in [1.82, 2.24) is 0 Å². The Morgan fingerprint density at radius 2 is 0.667 bits per heavy atom. The van der Waals surface area contributed by atoms with Crippen LogP contribution in [0.15, 0.2) is 0 Å². The fourth-order valence-corrected chi connectivity index (χ4v) is 0. The van der Waals surface area contributed by atoms with E-state index in [0.717, 1.165) is 0 Å². The van der Waals surface area contributed by atoms with E-state index in [2.05, 4.69) is 9.15 Å². The summed E-state index contributed by atoms with van der Waals surface area (Å²) in [5.74, 6) is 0. The molecule has 2 N–H and O–H groups in total. The van der Waals surface area contributed by atoms with Gasteiger partial charge in [-0.2, -0.15) is 0 Å². The number of hydrogen-bond acceptors (Lipinski definition) is 10. The summed E-state index contributed by atoms with van der Waals surface area (Å²) < 4.78 is 4.82. The Labute approximate surface area is 97.5 Å². The van der Waals surface area contributed by atoms with Gasteiger partial charge in [0, 0.05) is 0 Å². The molecule has 0 atom stereocenters. The third-order valence-electron chi connectivity index (χ3n) is 0.224. The summed E-state index contributed by atoms with van der Waals surface area (Å²) >= 11 is 0. The summed E-state index contributed by atoms with van der Waals surface area (Å²) in [5.41, 5.74) is 0. The van der Waals surface area contributed by atoms with Gasteiger partial charge in [0.15, 0.2) is 0 Å². The maximum absolute atomic E-state index is 9.03. The van der Waals surface area contributed by atoms with Crippen molar-refractivity contribution in [3.05, 3.63) is 0 Å². The van der Waals surface area contributed by atoms with E-state index in [1.165, 1.54) is 0 Å². The topological polar surface area (TPSA) is 197 Å². The Hall–Kier alpha value is 0.540. The fourth-order valence-electron chi connectivity index (χ4n) is 0. The third-order valence-corrected chi connectivity index (χ3v) is 0.671. The molecule has 0 unspecified atom stereocenters. The molecule has 0 radical (unpaired) electrons. The van der Waals surface area contributed by atoms with Gasteiger partial charge in [-0.25, -0.2) is 0 Å². The van der Waals surface area contributed by atoms with Crippen LogP contribution < -0.4 is 28.8 Å². The molecule has 0 spiro atoms. The molecule has 0 saturated heterocycles. The van der Waals surface area contributed by atoms with E-state index in [9.17, 15) is 0 Å². The van der Waals surface area contributed by atoms with Crippen LogP contribution in [0.2, 0.25) is 0 Å². The molecule has 0 rings (SSSR count). The van der Waals surface area contributed by atoms with E-state index in [0.29, 0.717) is 0 Å². The van der Waals surface area contributed by atoms with Gasteiger partial charge in [-0.3, -0.25) is 10.5 Å². The van der Waals surface area contributed by atoms with Gasteiger partial charge in [0.05, 0.1) is 0 Å². The Morgan fingerprint density at radius 3 is 0.667 bits per heavy atom. The molecule has 0 aromatic rings. The molecule has 76 valence electrons. The van der Waals surface area contributed by atoms with Crippen molar-refractivity contribution >= 4 is 48.5 Å². The molecule has 0 aliphatic carbocycles. The second-order valence-corrected chi connectivity index (χ2v) is 3.55. The van der Waals surface area contributed by atoms with Gasteiger partial charge in [-0.05, 0) is 0 Å². The van der Waals surface area contributed by atoms with E-state index in [1.807, 2.05) is 0 Å². The van der Waals surface area contributed by atoms with Gasteiger partial charge in [0.2, 0.25) is 0 Å². The Balaban J connectivity index is -0.0000000370. The molecule has 0 amide bonds. The zero-order valence-electron chi connectivity index (χ0n) is 7.28. The standard InChI is InChI=1S/3Be.2HO5Si/c;;;2*1-5-6(2,3)4/h;;;2*1H/q3*+2;2*-3.